The van der Waals surface area contributed by atoms with Crippen LogP contribution in [0.5, 0.6) is 0 Å². The SMILES string of the molecule is CC(C)(CCC(=O)O)NC(=O)CCc1cccs1. The minimum atomic E-state index is -0.837. The highest BCUT2D eigenvalue weighted by molar-refractivity contribution is 7.09. The smallest absolute Gasteiger partial charge is 0.303 e. The van der Waals surface area contributed by atoms with Gasteiger partial charge in [0, 0.05) is 23.3 Å². The quantitative estimate of drug-likeness (QED) is 0.799. The van der Waals surface area contributed by atoms with Gasteiger partial charge >= 0.3 is 5.97 Å². The molecule has 0 fully saturated rings. The van der Waals surface area contributed by atoms with Crippen molar-refractivity contribution in [3.8, 4) is 0 Å². The molecule has 0 aliphatic carbocycles. The highest BCUT2D eigenvalue weighted by atomic mass is 32.1. The van der Waals surface area contributed by atoms with Gasteiger partial charge in [-0.2, -0.15) is 0 Å². The first kappa shape index (κ1) is 14.7. The zero-order valence-corrected chi connectivity index (χ0v) is 11.5. The summed E-state index contributed by atoms with van der Waals surface area (Å²) in [6.07, 6.45) is 1.68. The van der Waals surface area contributed by atoms with Crippen LogP contribution in [0, 0.1) is 0 Å². The summed E-state index contributed by atoms with van der Waals surface area (Å²) in [5, 5.41) is 13.5. The Bertz CT molecular complexity index is 398. The standard InChI is InChI=1S/C13H19NO3S/c1-13(2,8-7-12(16)17)14-11(15)6-5-10-4-3-9-18-10/h3-4,9H,5-8H2,1-2H3,(H,14,15)(H,16,17). The predicted molar refractivity (Wildman–Crippen MR) is 71.7 cm³/mol. The second-order valence-electron chi connectivity index (χ2n) is 4.91. The summed E-state index contributed by atoms with van der Waals surface area (Å²) in [5.74, 6) is -0.866. The molecule has 0 aromatic carbocycles. The van der Waals surface area contributed by atoms with E-state index in [0.29, 0.717) is 12.8 Å². The monoisotopic (exact) mass is 269 g/mol. The molecule has 1 aromatic heterocycles. The van der Waals surface area contributed by atoms with Gasteiger partial charge in [-0.3, -0.25) is 9.59 Å². The highest BCUT2D eigenvalue weighted by Gasteiger charge is 2.21. The van der Waals surface area contributed by atoms with Crippen molar-refractivity contribution in [2.75, 3.05) is 0 Å². The highest BCUT2D eigenvalue weighted by Crippen LogP contribution is 2.14. The molecule has 0 spiro atoms. The predicted octanol–water partition coefficient (Wildman–Crippen LogP) is 2.44. The molecule has 100 valence electrons. The second kappa shape index (κ2) is 6.54. The molecule has 1 heterocycles. The van der Waals surface area contributed by atoms with Gasteiger partial charge in [-0.15, -0.1) is 11.3 Å². The van der Waals surface area contributed by atoms with Crippen molar-refractivity contribution in [1.29, 1.82) is 0 Å². The van der Waals surface area contributed by atoms with Gasteiger partial charge < -0.3 is 10.4 Å². The number of carboxylic acids is 1. The number of thiophene rings is 1. The van der Waals surface area contributed by atoms with Gasteiger partial charge in [-0.1, -0.05) is 6.07 Å². The lowest BCUT2D eigenvalue weighted by atomic mass is 9.98. The number of nitrogens with one attached hydrogen (secondary N) is 1. The normalized spacial score (nSPS) is 11.2. The Morgan fingerprint density at radius 2 is 2.11 bits per heavy atom. The number of carboxylic acid groups (broad SMARTS) is 1. The molecule has 5 heteroatoms. The number of rotatable bonds is 7. The van der Waals surface area contributed by atoms with E-state index >= 15 is 0 Å². The molecule has 1 amide bonds. The van der Waals surface area contributed by atoms with Crippen LogP contribution in [0.2, 0.25) is 0 Å². The zero-order chi connectivity index (χ0) is 13.6. The molecule has 0 saturated heterocycles. The maximum Gasteiger partial charge on any atom is 0.303 e. The first-order chi connectivity index (χ1) is 8.39. The van der Waals surface area contributed by atoms with Crippen molar-refractivity contribution in [3.63, 3.8) is 0 Å². The third-order valence-corrected chi connectivity index (χ3v) is 3.56. The van der Waals surface area contributed by atoms with E-state index in [2.05, 4.69) is 5.32 Å². The largest absolute Gasteiger partial charge is 0.481 e. The fraction of sp³-hybridized carbons (Fsp3) is 0.538. The minimum Gasteiger partial charge on any atom is -0.481 e. The fourth-order valence-corrected chi connectivity index (χ4v) is 2.32. The van der Waals surface area contributed by atoms with Crippen LogP contribution in [0.4, 0.5) is 0 Å². The van der Waals surface area contributed by atoms with Crippen LogP contribution in [0.3, 0.4) is 0 Å². The van der Waals surface area contributed by atoms with Gasteiger partial charge in [0.1, 0.15) is 0 Å². The number of carbonyl (C=O) groups excluding carboxylic acids is 1. The Balaban J connectivity index is 2.31. The third-order valence-electron chi connectivity index (χ3n) is 2.62. The van der Waals surface area contributed by atoms with Gasteiger partial charge in [-0.25, -0.2) is 0 Å². The molecule has 0 saturated carbocycles. The van der Waals surface area contributed by atoms with Crippen molar-refractivity contribution >= 4 is 23.2 Å². The molecule has 0 aliphatic rings. The lowest BCUT2D eigenvalue weighted by Gasteiger charge is -2.25. The van der Waals surface area contributed by atoms with Crippen LogP contribution in [0.15, 0.2) is 17.5 Å². The van der Waals surface area contributed by atoms with Crippen molar-refractivity contribution in [2.24, 2.45) is 0 Å². The summed E-state index contributed by atoms with van der Waals surface area (Å²) < 4.78 is 0. The molecule has 2 N–H and O–H groups in total. The van der Waals surface area contributed by atoms with E-state index < -0.39 is 11.5 Å². The molecule has 4 nitrogen and oxygen atoms in total. The number of hydrogen-bond donors (Lipinski definition) is 2. The number of carbonyl (C=O) groups is 2. The first-order valence-corrected chi connectivity index (χ1v) is 6.82. The summed E-state index contributed by atoms with van der Waals surface area (Å²) in [7, 11) is 0. The molecular weight excluding hydrogens is 250 g/mol. The van der Waals surface area contributed by atoms with E-state index in [9.17, 15) is 9.59 Å². The van der Waals surface area contributed by atoms with Crippen LogP contribution in [-0.4, -0.2) is 22.5 Å². The maximum atomic E-state index is 11.7. The summed E-state index contributed by atoms with van der Waals surface area (Å²) in [4.78, 5) is 23.4. The number of amides is 1. The van der Waals surface area contributed by atoms with Crippen molar-refractivity contribution < 1.29 is 14.7 Å². The van der Waals surface area contributed by atoms with Crippen molar-refractivity contribution in [3.05, 3.63) is 22.4 Å². The second-order valence-corrected chi connectivity index (χ2v) is 5.94. The number of aliphatic carboxylic acids is 1. The van der Waals surface area contributed by atoms with Gasteiger partial charge in [-0.05, 0) is 38.1 Å². The summed E-state index contributed by atoms with van der Waals surface area (Å²) in [6, 6.07) is 3.97. The summed E-state index contributed by atoms with van der Waals surface area (Å²) in [5.41, 5.74) is -0.467. The van der Waals surface area contributed by atoms with Crippen LogP contribution < -0.4 is 5.32 Å². The molecule has 1 rings (SSSR count). The minimum absolute atomic E-state index is 0.0289. The Morgan fingerprint density at radius 3 is 2.67 bits per heavy atom. The molecule has 18 heavy (non-hydrogen) atoms. The number of aryl methyl sites for hydroxylation is 1. The third kappa shape index (κ3) is 5.82. The molecule has 0 unspecified atom stereocenters. The molecule has 1 aromatic rings. The zero-order valence-electron chi connectivity index (χ0n) is 10.7. The van der Waals surface area contributed by atoms with Gasteiger partial charge in [0.2, 0.25) is 5.91 Å². The Hall–Kier alpha value is -1.36. The first-order valence-electron chi connectivity index (χ1n) is 5.94. The van der Waals surface area contributed by atoms with E-state index in [1.165, 1.54) is 4.88 Å². The van der Waals surface area contributed by atoms with E-state index in [1.807, 2.05) is 31.4 Å². The molecule has 0 aliphatic heterocycles. The van der Waals surface area contributed by atoms with E-state index in [4.69, 9.17) is 5.11 Å². The molecule has 0 bridgehead atoms. The average Bonchev–Trinajstić information content (AvgIpc) is 2.76. The van der Waals surface area contributed by atoms with E-state index in [0.717, 1.165) is 6.42 Å². The molecular formula is C13H19NO3S. The van der Waals surface area contributed by atoms with Crippen LogP contribution in [-0.2, 0) is 16.0 Å². The van der Waals surface area contributed by atoms with Gasteiger partial charge in [0.25, 0.3) is 0 Å². The Morgan fingerprint density at radius 1 is 1.39 bits per heavy atom. The van der Waals surface area contributed by atoms with Gasteiger partial charge in [0.15, 0.2) is 0 Å². The van der Waals surface area contributed by atoms with Crippen LogP contribution in [0.25, 0.3) is 0 Å². The van der Waals surface area contributed by atoms with Crippen molar-refractivity contribution in [1.82, 2.24) is 5.32 Å². The Labute approximate surface area is 111 Å². The van der Waals surface area contributed by atoms with Crippen LogP contribution >= 0.6 is 11.3 Å². The fourth-order valence-electron chi connectivity index (χ4n) is 1.61. The van der Waals surface area contributed by atoms with Crippen molar-refractivity contribution in [2.45, 2.75) is 45.1 Å². The molecule has 0 radical (unpaired) electrons. The lowest BCUT2D eigenvalue weighted by molar-refractivity contribution is -0.137. The molecule has 0 atom stereocenters. The van der Waals surface area contributed by atoms with Crippen LogP contribution in [0.1, 0.15) is 38.0 Å². The summed E-state index contributed by atoms with van der Waals surface area (Å²) in [6.45, 7) is 3.69. The van der Waals surface area contributed by atoms with Gasteiger partial charge in [0.05, 0.1) is 0 Å². The lowest BCUT2D eigenvalue weighted by Crippen LogP contribution is -2.43. The topological polar surface area (TPSA) is 66.4 Å². The van der Waals surface area contributed by atoms with E-state index in [1.54, 1.807) is 11.3 Å². The maximum absolute atomic E-state index is 11.7. The Kier molecular flexibility index (Phi) is 5.34. The number of hydrogen-bond acceptors (Lipinski definition) is 3. The average molecular weight is 269 g/mol. The summed E-state index contributed by atoms with van der Waals surface area (Å²) >= 11 is 1.64. The van der Waals surface area contributed by atoms with E-state index in [-0.39, 0.29) is 12.3 Å².